The largest absolute Gasteiger partial charge is 0.393 e. The molecule has 25 nitrogen and oxygen atoms in total. The lowest BCUT2D eigenvalue weighted by molar-refractivity contribution is 0.0663. The van der Waals surface area contributed by atoms with Crippen LogP contribution in [0.15, 0.2) is 173 Å². The van der Waals surface area contributed by atoms with Crippen LogP contribution in [0.25, 0.3) is 66.5 Å². The Morgan fingerprint density at radius 3 is 1.68 bits per heavy atom. The van der Waals surface area contributed by atoms with Crippen molar-refractivity contribution >= 4 is 90.2 Å². The number of likely N-dealkylation sites (tertiary alicyclic amines) is 1. The number of aliphatic hydroxyl groups excluding tert-OH is 2. The number of halogens is 3. The van der Waals surface area contributed by atoms with Gasteiger partial charge in [0, 0.05) is 106 Å². The van der Waals surface area contributed by atoms with Crippen LogP contribution in [-0.2, 0) is 17.7 Å². The number of likely N-dealkylation sites (N-methyl/N-ethyl adjacent to an activating group) is 1. The molecule has 5 atom stereocenters. The van der Waals surface area contributed by atoms with E-state index in [9.17, 15) is 29.4 Å². The summed E-state index contributed by atoms with van der Waals surface area (Å²) in [7, 11) is 2.00. The minimum absolute atomic E-state index is 0.156. The molecule has 0 radical (unpaired) electrons. The second kappa shape index (κ2) is 33.1. The zero-order valence-electron chi connectivity index (χ0n) is 64.8. The monoisotopic (exact) mass is 1570 g/mol. The van der Waals surface area contributed by atoms with E-state index in [0.717, 1.165) is 73.6 Å². The van der Waals surface area contributed by atoms with Gasteiger partial charge in [0.05, 0.1) is 140 Å². The number of anilines is 9. The topological polar surface area (TPSA) is 298 Å². The predicted molar refractivity (Wildman–Crippen MR) is 445 cm³/mol. The number of carbonyl (C=O) groups excluding carboxylic acids is 1. The quantitative estimate of drug-likeness (QED) is 0.0352. The summed E-state index contributed by atoms with van der Waals surface area (Å²) >= 11 is 0. The molecule has 17 rings (SSSR count). The molecular formula is C88H91F3N18O7. The molecule has 3 aromatic carbocycles. The molecule has 5 fully saturated rings. The lowest BCUT2D eigenvalue weighted by Gasteiger charge is -2.42. The van der Waals surface area contributed by atoms with Crippen LogP contribution in [0.1, 0.15) is 91.8 Å². The van der Waals surface area contributed by atoms with Crippen molar-refractivity contribution in [3.05, 3.63) is 229 Å². The molecule has 1 amide bonds. The Hall–Kier alpha value is -12.0. The first kappa shape index (κ1) is 76.7. The number of carbonyl (C=O) groups is 1. The molecule has 0 aliphatic carbocycles. The number of aromatic nitrogens is 9. The number of hydrogen-bond donors (Lipinski definition) is 8. The van der Waals surface area contributed by atoms with Gasteiger partial charge in [-0.25, -0.2) is 43.1 Å². The van der Waals surface area contributed by atoms with Crippen LogP contribution in [0.5, 0.6) is 0 Å². The normalized spacial score (nSPS) is 18.9. The highest BCUT2D eigenvalue weighted by atomic mass is 19.1. The molecule has 8 N–H and O–H groups in total. The first-order valence-corrected chi connectivity index (χ1v) is 40.0. The van der Waals surface area contributed by atoms with Gasteiger partial charge in [0.2, 0.25) is 0 Å². The molecule has 5 aliphatic rings. The van der Waals surface area contributed by atoms with Gasteiger partial charge in [0.1, 0.15) is 34.9 Å². The lowest BCUT2D eigenvalue weighted by Crippen LogP contribution is -2.52. The van der Waals surface area contributed by atoms with Gasteiger partial charge in [-0.1, -0.05) is 25.5 Å². The Morgan fingerprint density at radius 2 is 1.11 bits per heavy atom. The number of piperazine rings is 1. The van der Waals surface area contributed by atoms with E-state index >= 15 is 13.2 Å². The Kier molecular flexibility index (Phi) is 21.9. The summed E-state index contributed by atoms with van der Waals surface area (Å²) in [5, 5.41) is 32.5. The first-order valence-electron chi connectivity index (χ1n) is 40.0. The summed E-state index contributed by atoms with van der Waals surface area (Å²) < 4.78 is 57.1. The summed E-state index contributed by atoms with van der Waals surface area (Å²) in [5.74, 6) is -0.848. The summed E-state index contributed by atoms with van der Waals surface area (Å²) in [6, 6.07) is 33.9. The van der Waals surface area contributed by atoms with E-state index in [4.69, 9.17) is 29.7 Å². The van der Waals surface area contributed by atoms with Crippen molar-refractivity contribution in [2.75, 3.05) is 116 Å². The molecule has 3 unspecified atom stereocenters. The predicted octanol–water partition coefficient (Wildman–Crippen LogP) is 12.8. The Labute approximate surface area is 666 Å². The summed E-state index contributed by atoms with van der Waals surface area (Å²) in [4.78, 5) is 104. The molecule has 12 aromatic rings. The van der Waals surface area contributed by atoms with E-state index in [1.165, 1.54) is 30.7 Å². The molecule has 596 valence electrons. The number of fused-ring (bicyclic) bond motifs is 3. The number of aliphatic hydroxyl groups is 2. The Bertz CT molecular complexity index is 5840. The van der Waals surface area contributed by atoms with Crippen LogP contribution < -0.4 is 47.3 Å². The van der Waals surface area contributed by atoms with E-state index in [-0.39, 0.29) is 92.3 Å². The van der Waals surface area contributed by atoms with Gasteiger partial charge in [-0.3, -0.25) is 24.1 Å². The summed E-state index contributed by atoms with van der Waals surface area (Å²) in [5.41, 5.74) is 7.48. The molecule has 0 saturated carbocycles. The minimum atomic E-state index is -0.625. The van der Waals surface area contributed by atoms with Crippen molar-refractivity contribution in [3.8, 4) is 33.8 Å². The number of rotatable bonds is 20. The van der Waals surface area contributed by atoms with Crippen LogP contribution in [0.3, 0.4) is 0 Å². The maximum atomic E-state index is 18.2. The van der Waals surface area contributed by atoms with E-state index in [1.54, 1.807) is 96.3 Å². The van der Waals surface area contributed by atoms with Crippen molar-refractivity contribution < 1.29 is 32.9 Å². The zero-order valence-corrected chi connectivity index (χ0v) is 64.8. The van der Waals surface area contributed by atoms with Crippen molar-refractivity contribution in [3.63, 3.8) is 0 Å². The fourth-order valence-corrected chi connectivity index (χ4v) is 17.2. The highest BCUT2D eigenvalue weighted by Crippen LogP contribution is 2.40. The van der Waals surface area contributed by atoms with Gasteiger partial charge in [0.25, 0.3) is 22.6 Å². The van der Waals surface area contributed by atoms with E-state index in [1.807, 2.05) is 43.4 Å². The summed E-state index contributed by atoms with van der Waals surface area (Å²) in [6.07, 6.45) is 14.8. The van der Waals surface area contributed by atoms with E-state index < -0.39 is 34.7 Å². The molecule has 14 heterocycles. The fourth-order valence-electron chi connectivity index (χ4n) is 17.2. The number of nitrogens with one attached hydrogen (secondary N) is 6. The SMILES string of the molecule is CC(CC1CN(c2ccc(Nc3cc(-c4ccc(C(=O)N5CCN(C)CC5)cc4F)nc4cc[nH]c(=O)c34)nc2)CCC1O)c1ccc(F)c(-c2cc(Nc3ccc(N4[C@@H](Cc5c(CN6CCCCC6)ccc(-c6cc(Nc7ccc(N8CCC(O)CC8)cn7)c7c(=O)[nH]ccc7n6)c5F)COC[C@@H]4C)cn3)c3c(=O)[nH]ccc3n2)c1. The lowest BCUT2D eigenvalue weighted by atomic mass is 9.83. The average Bonchev–Trinajstić information content (AvgIpc) is 0.769. The number of piperidine rings is 3. The number of benzene rings is 3. The van der Waals surface area contributed by atoms with Gasteiger partial charge in [-0.05, 0) is 204 Å². The molecule has 5 saturated heterocycles. The van der Waals surface area contributed by atoms with Crippen molar-refractivity contribution in [1.29, 1.82) is 0 Å². The number of H-pyrrole nitrogens is 3. The molecule has 116 heavy (non-hydrogen) atoms. The maximum Gasteiger partial charge on any atom is 0.259 e. The Morgan fingerprint density at radius 1 is 0.569 bits per heavy atom. The number of amides is 1. The number of nitrogens with zero attached hydrogens (tertiary/aromatic N) is 12. The number of pyridine rings is 9. The third-order valence-corrected chi connectivity index (χ3v) is 23.6. The number of morpholine rings is 1. The van der Waals surface area contributed by atoms with Gasteiger partial charge >= 0.3 is 0 Å². The Balaban J connectivity index is 0.590. The number of hydrogen-bond acceptors (Lipinski definition) is 21. The number of aromatic amines is 3. The van der Waals surface area contributed by atoms with Crippen LogP contribution in [0, 0.1) is 23.4 Å². The van der Waals surface area contributed by atoms with Gasteiger partial charge in [0.15, 0.2) is 0 Å². The molecule has 0 bridgehead atoms. The van der Waals surface area contributed by atoms with Crippen molar-refractivity contribution in [1.82, 2.24) is 59.6 Å². The fraction of sp³-hybridized carbons (Fsp3) is 0.341. The van der Waals surface area contributed by atoms with Crippen molar-refractivity contribution in [2.24, 2.45) is 5.92 Å². The molecule has 5 aliphatic heterocycles. The maximum absolute atomic E-state index is 18.2. The van der Waals surface area contributed by atoms with Crippen LogP contribution >= 0.6 is 0 Å². The van der Waals surface area contributed by atoms with Gasteiger partial charge in [-0.2, -0.15) is 0 Å². The standard InChI is InChI=1S/C88H91F3N18O7/c1-51(37-56-48-108(32-24-77(56)111)58-11-17-79(96-45-58)101-74-41-71(98-68-19-25-92-85(112)81(68)74)62-13-7-54(39-67(62)90)88(115)107-35-33-104(3)34-36-107)53-9-15-66(89)65(38-53)73-43-76(83-70(100-73)21-27-94-87(83)114)103-80-18-12-59(46-97-80)109-52(2)49-116-50-60(109)40-64-55(47-105-28-5-4-6-29-105)8-14-63(84(64)91)72-42-75(82-69(99-72)20-26-93-86(82)113)102-78-16-10-57(44-95-78)106-30-22-61(110)23-31-106/h7-21,25-27,38-39,41-46,51-52,56,60-61,77,110-111H,4-6,22-24,28-37,40,47-50H2,1-3H3,(H,92,112)(H,93,113)(H,94,114)(H,95,99,102)(H,96,98,101)(H,97,100,103)/t51?,52-,56?,60-,77?/m0/s1. The molecule has 9 aromatic heterocycles. The molecule has 0 spiro atoms. The van der Waals surface area contributed by atoms with Gasteiger partial charge < -0.3 is 70.4 Å². The van der Waals surface area contributed by atoms with E-state index in [2.05, 4.69) is 74.2 Å². The highest BCUT2D eigenvalue weighted by Gasteiger charge is 2.35. The van der Waals surface area contributed by atoms with Crippen molar-refractivity contribution in [2.45, 2.75) is 102 Å². The second-order valence-corrected chi connectivity index (χ2v) is 31.4. The highest BCUT2D eigenvalue weighted by molar-refractivity contribution is 5.98. The van der Waals surface area contributed by atoms with Crippen LogP contribution in [0.2, 0.25) is 0 Å². The van der Waals surface area contributed by atoms with Gasteiger partial charge in [-0.15, -0.1) is 0 Å². The van der Waals surface area contributed by atoms with E-state index in [0.29, 0.717) is 152 Å². The molecule has 28 heteroatoms. The second-order valence-electron chi connectivity index (χ2n) is 31.4. The zero-order chi connectivity index (χ0) is 79.8. The first-order chi connectivity index (χ1) is 56.4. The minimum Gasteiger partial charge on any atom is -0.393 e. The van der Waals surface area contributed by atoms with Crippen LogP contribution in [0.4, 0.5) is 64.7 Å². The third kappa shape index (κ3) is 16.1. The molecular weight excluding hydrogens is 1480 g/mol. The smallest absolute Gasteiger partial charge is 0.259 e. The summed E-state index contributed by atoms with van der Waals surface area (Å²) in [6.45, 7) is 12.2. The van der Waals surface area contributed by atoms with Crippen LogP contribution in [-0.4, -0.2) is 186 Å². The number of ether oxygens (including phenoxy) is 1. The third-order valence-electron chi connectivity index (χ3n) is 23.6. The average molecular weight is 1570 g/mol.